The van der Waals surface area contributed by atoms with E-state index in [0.717, 1.165) is 6.07 Å². The number of para-hydroxylation sites is 1. The molecule has 0 saturated heterocycles. The molecule has 0 aliphatic heterocycles. The Labute approximate surface area is 98.4 Å². The lowest BCUT2D eigenvalue weighted by Crippen LogP contribution is -2.27. The highest BCUT2D eigenvalue weighted by atomic mass is 19.1. The molecule has 6 heteroatoms. The van der Waals surface area contributed by atoms with E-state index in [1.54, 1.807) is 13.8 Å². The van der Waals surface area contributed by atoms with Crippen molar-refractivity contribution in [2.24, 2.45) is 5.41 Å². The molecule has 0 spiro atoms. The number of hydrogen-bond donors (Lipinski definition) is 2. The zero-order valence-corrected chi connectivity index (χ0v) is 9.74. The largest absolute Gasteiger partial charge is 0.396 e. The van der Waals surface area contributed by atoms with E-state index in [0.29, 0.717) is 0 Å². The topological polar surface area (TPSA) is 75.4 Å². The molecule has 0 heterocycles. The molecule has 17 heavy (non-hydrogen) atoms. The van der Waals surface area contributed by atoms with Gasteiger partial charge in [0.2, 0.25) is 0 Å². The van der Waals surface area contributed by atoms with Crippen molar-refractivity contribution < 1.29 is 14.4 Å². The monoisotopic (exact) mass is 242 g/mol. The predicted octanol–water partition coefficient (Wildman–Crippen LogP) is 2.16. The van der Waals surface area contributed by atoms with Crippen LogP contribution in [0.25, 0.3) is 0 Å². The van der Waals surface area contributed by atoms with Crippen LogP contribution in [0.2, 0.25) is 0 Å². The van der Waals surface area contributed by atoms with Gasteiger partial charge in [-0.15, -0.1) is 0 Å². The fourth-order valence-electron chi connectivity index (χ4n) is 1.22. The van der Waals surface area contributed by atoms with Crippen LogP contribution < -0.4 is 5.32 Å². The summed E-state index contributed by atoms with van der Waals surface area (Å²) in [6.45, 7) is 3.69. The van der Waals surface area contributed by atoms with Crippen LogP contribution in [0.15, 0.2) is 18.2 Å². The summed E-state index contributed by atoms with van der Waals surface area (Å²) < 4.78 is 13.5. The Morgan fingerprint density at radius 1 is 1.53 bits per heavy atom. The van der Waals surface area contributed by atoms with Crippen LogP contribution >= 0.6 is 0 Å². The Kier molecular flexibility index (Phi) is 4.01. The van der Waals surface area contributed by atoms with Crippen molar-refractivity contribution >= 4 is 11.4 Å². The number of nitro benzene ring substituents is 1. The maximum atomic E-state index is 13.5. The van der Waals surface area contributed by atoms with Gasteiger partial charge in [0.25, 0.3) is 5.69 Å². The summed E-state index contributed by atoms with van der Waals surface area (Å²) in [7, 11) is 0. The fraction of sp³-hybridized carbons (Fsp3) is 0.455. The second-order valence-electron chi connectivity index (χ2n) is 4.57. The number of nitro groups is 1. The first-order chi connectivity index (χ1) is 7.87. The molecule has 0 saturated carbocycles. The molecule has 0 aliphatic carbocycles. The quantitative estimate of drug-likeness (QED) is 0.613. The van der Waals surface area contributed by atoms with E-state index in [1.165, 1.54) is 12.1 Å². The van der Waals surface area contributed by atoms with Crippen molar-refractivity contribution in [2.45, 2.75) is 13.8 Å². The normalized spacial score (nSPS) is 11.3. The summed E-state index contributed by atoms with van der Waals surface area (Å²) in [6, 6.07) is 3.68. The summed E-state index contributed by atoms with van der Waals surface area (Å²) in [5, 5.41) is 22.4. The third-order valence-electron chi connectivity index (χ3n) is 2.36. The molecule has 1 rings (SSSR count). The number of benzene rings is 1. The first-order valence-corrected chi connectivity index (χ1v) is 5.15. The van der Waals surface area contributed by atoms with Crippen LogP contribution in [0.3, 0.4) is 0 Å². The lowest BCUT2D eigenvalue weighted by Gasteiger charge is -2.22. The van der Waals surface area contributed by atoms with Crippen molar-refractivity contribution in [2.75, 3.05) is 18.5 Å². The van der Waals surface area contributed by atoms with Crippen molar-refractivity contribution in [1.82, 2.24) is 0 Å². The summed E-state index contributed by atoms with van der Waals surface area (Å²) in [6.07, 6.45) is 0. The molecule has 0 aromatic heterocycles. The molecule has 0 atom stereocenters. The van der Waals surface area contributed by atoms with Crippen LogP contribution in [0.4, 0.5) is 15.8 Å². The highest BCUT2D eigenvalue weighted by Gasteiger charge is 2.21. The van der Waals surface area contributed by atoms with Gasteiger partial charge in [0.1, 0.15) is 5.69 Å². The van der Waals surface area contributed by atoms with Crippen molar-refractivity contribution in [3.05, 3.63) is 34.1 Å². The van der Waals surface area contributed by atoms with Gasteiger partial charge in [0.15, 0.2) is 5.82 Å². The third kappa shape index (κ3) is 3.39. The van der Waals surface area contributed by atoms with Gasteiger partial charge in [-0.05, 0) is 6.07 Å². The lowest BCUT2D eigenvalue weighted by atomic mass is 9.95. The number of halogens is 1. The third-order valence-corrected chi connectivity index (χ3v) is 2.36. The maximum Gasteiger partial charge on any atom is 0.295 e. The highest BCUT2D eigenvalue weighted by molar-refractivity contribution is 5.62. The average Bonchev–Trinajstić information content (AvgIpc) is 2.27. The standard InChI is InChI=1S/C11H15FN2O3/c1-11(2,7-15)6-13-10-8(12)4-3-5-9(10)14(16)17/h3-5,13,15H,6-7H2,1-2H3. The van der Waals surface area contributed by atoms with Crippen LogP contribution in [0, 0.1) is 21.3 Å². The molecule has 1 aromatic rings. The first-order valence-electron chi connectivity index (χ1n) is 5.15. The van der Waals surface area contributed by atoms with Crippen LogP contribution in [0.5, 0.6) is 0 Å². The van der Waals surface area contributed by atoms with Crippen molar-refractivity contribution in [1.29, 1.82) is 0 Å². The number of nitrogens with zero attached hydrogens (tertiary/aromatic N) is 1. The fourth-order valence-corrected chi connectivity index (χ4v) is 1.22. The van der Waals surface area contributed by atoms with Gasteiger partial charge >= 0.3 is 0 Å². The molecule has 0 fully saturated rings. The molecule has 0 aliphatic rings. The van der Waals surface area contributed by atoms with E-state index in [4.69, 9.17) is 5.11 Å². The van der Waals surface area contributed by atoms with Gasteiger partial charge in [0, 0.05) is 24.6 Å². The van der Waals surface area contributed by atoms with Gasteiger partial charge < -0.3 is 10.4 Å². The maximum absolute atomic E-state index is 13.5. The average molecular weight is 242 g/mol. The van der Waals surface area contributed by atoms with E-state index < -0.39 is 16.2 Å². The van der Waals surface area contributed by atoms with Gasteiger partial charge in [-0.25, -0.2) is 4.39 Å². The molecule has 94 valence electrons. The van der Waals surface area contributed by atoms with Crippen molar-refractivity contribution in [3.63, 3.8) is 0 Å². The SMILES string of the molecule is CC(C)(CO)CNc1c(F)cccc1[N+](=O)[O-]. The number of hydrogen-bond acceptors (Lipinski definition) is 4. The summed E-state index contributed by atoms with van der Waals surface area (Å²) in [4.78, 5) is 10.1. The minimum Gasteiger partial charge on any atom is -0.396 e. The molecule has 1 aromatic carbocycles. The summed E-state index contributed by atoms with van der Waals surface area (Å²) in [5.74, 6) is -0.673. The van der Waals surface area contributed by atoms with Gasteiger partial charge in [0.05, 0.1) is 4.92 Å². The molecule has 0 unspecified atom stereocenters. The molecular weight excluding hydrogens is 227 g/mol. The summed E-state index contributed by atoms with van der Waals surface area (Å²) >= 11 is 0. The second-order valence-corrected chi connectivity index (χ2v) is 4.57. The Bertz CT molecular complexity index is 421. The number of aliphatic hydroxyl groups excluding tert-OH is 1. The van der Waals surface area contributed by atoms with E-state index in [-0.39, 0.29) is 24.5 Å². The smallest absolute Gasteiger partial charge is 0.295 e. The highest BCUT2D eigenvalue weighted by Crippen LogP contribution is 2.28. The first kappa shape index (κ1) is 13.4. The van der Waals surface area contributed by atoms with Crippen molar-refractivity contribution in [3.8, 4) is 0 Å². The Hall–Kier alpha value is -1.69. The van der Waals surface area contributed by atoms with Crippen LogP contribution in [-0.4, -0.2) is 23.2 Å². The molecule has 5 nitrogen and oxygen atoms in total. The lowest BCUT2D eigenvalue weighted by molar-refractivity contribution is -0.384. The number of aliphatic hydroxyl groups is 1. The Morgan fingerprint density at radius 2 is 2.18 bits per heavy atom. The number of anilines is 1. The van der Waals surface area contributed by atoms with Gasteiger partial charge in [-0.3, -0.25) is 10.1 Å². The second kappa shape index (κ2) is 5.09. The predicted molar refractivity (Wildman–Crippen MR) is 62.4 cm³/mol. The van der Waals surface area contributed by atoms with E-state index in [1.807, 2.05) is 0 Å². The van der Waals surface area contributed by atoms with E-state index >= 15 is 0 Å². The van der Waals surface area contributed by atoms with Gasteiger partial charge in [-0.2, -0.15) is 0 Å². The zero-order chi connectivity index (χ0) is 13.1. The van der Waals surface area contributed by atoms with Crippen LogP contribution in [-0.2, 0) is 0 Å². The molecule has 0 amide bonds. The Morgan fingerprint density at radius 3 is 2.71 bits per heavy atom. The molecular formula is C11H15FN2O3. The minimum absolute atomic E-state index is 0.0950. The minimum atomic E-state index is -0.673. The Balaban J connectivity index is 2.94. The van der Waals surface area contributed by atoms with E-state index in [9.17, 15) is 14.5 Å². The zero-order valence-electron chi connectivity index (χ0n) is 9.74. The summed E-state index contributed by atoms with van der Waals surface area (Å²) in [5.41, 5.74) is -0.923. The van der Waals surface area contributed by atoms with Crippen LogP contribution in [0.1, 0.15) is 13.8 Å². The molecule has 2 N–H and O–H groups in total. The van der Waals surface area contributed by atoms with E-state index in [2.05, 4.69) is 5.32 Å². The molecule has 0 radical (unpaired) electrons. The number of nitrogens with one attached hydrogen (secondary N) is 1. The number of rotatable bonds is 5. The van der Waals surface area contributed by atoms with Gasteiger partial charge in [-0.1, -0.05) is 19.9 Å². The molecule has 0 bridgehead atoms.